The Labute approximate surface area is 166 Å². The van der Waals surface area contributed by atoms with E-state index in [2.05, 4.69) is 20.4 Å². The molecule has 9 heteroatoms. The van der Waals surface area contributed by atoms with Crippen molar-refractivity contribution in [2.75, 3.05) is 0 Å². The van der Waals surface area contributed by atoms with Gasteiger partial charge in [-0.1, -0.05) is 17.7 Å². The Hall–Kier alpha value is -3.44. The van der Waals surface area contributed by atoms with Gasteiger partial charge in [0.15, 0.2) is 11.6 Å². The molecule has 0 fully saturated rings. The fourth-order valence-corrected chi connectivity index (χ4v) is 2.85. The van der Waals surface area contributed by atoms with Gasteiger partial charge in [-0.15, -0.1) is 0 Å². The number of nitriles is 1. The summed E-state index contributed by atoms with van der Waals surface area (Å²) in [5, 5.41) is 16.6. The van der Waals surface area contributed by atoms with Gasteiger partial charge in [0, 0.05) is 24.7 Å². The molecular weight excluding hydrogens is 380 g/mol. The van der Waals surface area contributed by atoms with Crippen molar-refractivity contribution < 1.29 is 9.59 Å². The minimum absolute atomic E-state index is 0.149. The van der Waals surface area contributed by atoms with E-state index < -0.39 is 0 Å². The minimum Gasteiger partial charge on any atom is -0.346 e. The van der Waals surface area contributed by atoms with Gasteiger partial charge in [-0.2, -0.15) is 10.4 Å². The van der Waals surface area contributed by atoms with Crippen molar-refractivity contribution in [2.24, 2.45) is 0 Å². The molecule has 0 radical (unpaired) electrons. The summed E-state index contributed by atoms with van der Waals surface area (Å²) in [6, 6.07) is 8.77. The first-order valence-electron chi connectivity index (χ1n) is 8.47. The third kappa shape index (κ3) is 4.27. The minimum atomic E-state index is -0.348. The second kappa shape index (κ2) is 8.06. The molecular formula is C19H17ClN6O2. The molecule has 0 bridgehead atoms. The topological polar surface area (TPSA) is 116 Å². The van der Waals surface area contributed by atoms with E-state index in [1.807, 2.05) is 19.1 Å². The number of amides is 1. The van der Waals surface area contributed by atoms with Crippen LogP contribution in [0.15, 0.2) is 36.7 Å². The first-order chi connectivity index (χ1) is 13.4. The maximum Gasteiger partial charge on any atom is 0.269 e. The number of hydrogen-bond donors (Lipinski definition) is 2. The molecule has 0 saturated carbocycles. The highest BCUT2D eigenvalue weighted by molar-refractivity contribution is 6.32. The number of nitrogens with one attached hydrogen (secondary N) is 2. The normalized spacial score (nSPS) is 11.6. The van der Waals surface area contributed by atoms with Gasteiger partial charge >= 0.3 is 0 Å². The Morgan fingerprint density at radius 3 is 2.82 bits per heavy atom. The van der Waals surface area contributed by atoms with Crippen LogP contribution in [0.25, 0.3) is 11.3 Å². The summed E-state index contributed by atoms with van der Waals surface area (Å²) in [6.07, 6.45) is 3.13. The number of rotatable bonds is 6. The second-order valence-electron chi connectivity index (χ2n) is 6.31. The van der Waals surface area contributed by atoms with E-state index in [4.69, 9.17) is 16.9 Å². The number of benzene rings is 1. The van der Waals surface area contributed by atoms with Crippen LogP contribution in [0, 0.1) is 11.3 Å². The average molecular weight is 397 g/mol. The predicted octanol–water partition coefficient (Wildman–Crippen LogP) is 2.82. The lowest BCUT2D eigenvalue weighted by Gasteiger charge is -2.13. The van der Waals surface area contributed by atoms with E-state index in [0.717, 1.165) is 5.56 Å². The van der Waals surface area contributed by atoms with Gasteiger partial charge in [0.25, 0.3) is 5.91 Å². The lowest BCUT2D eigenvalue weighted by Crippen LogP contribution is -2.36. The highest BCUT2D eigenvalue weighted by atomic mass is 35.5. The Balaban J connectivity index is 1.64. The number of carbonyl (C=O) groups excluding carboxylic acids is 2. The van der Waals surface area contributed by atoms with Crippen LogP contribution in [0.3, 0.4) is 0 Å². The number of carbonyl (C=O) groups is 2. The van der Waals surface area contributed by atoms with Crippen molar-refractivity contribution >= 4 is 23.3 Å². The highest BCUT2D eigenvalue weighted by Gasteiger charge is 2.15. The van der Waals surface area contributed by atoms with Gasteiger partial charge in [0.1, 0.15) is 11.8 Å². The monoisotopic (exact) mass is 396 g/mol. The van der Waals surface area contributed by atoms with Gasteiger partial charge in [-0.05, 0) is 25.1 Å². The van der Waals surface area contributed by atoms with Crippen LogP contribution < -0.4 is 5.32 Å². The maximum absolute atomic E-state index is 12.2. The lowest BCUT2D eigenvalue weighted by molar-refractivity contribution is 0.0931. The van der Waals surface area contributed by atoms with Crippen molar-refractivity contribution in [1.82, 2.24) is 25.1 Å². The van der Waals surface area contributed by atoms with Crippen LogP contribution in [0.1, 0.15) is 40.5 Å². The Kier molecular flexibility index (Phi) is 5.57. The molecule has 1 atom stereocenters. The van der Waals surface area contributed by atoms with Crippen molar-refractivity contribution in [3.63, 3.8) is 0 Å². The van der Waals surface area contributed by atoms with Crippen LogP contribution in [0.5, 0.6) is 0 Å². The fraction of sp³-hybridized carbons (Fsp3) is 0.211. The van der Waals surface area contributed by atoms with E-state index in [1.54, 1.807) is 29.1 Å². The molecule has 3 aromatic rings. The largest absolute Gasteiger partial charge is 0.346 e. The summed E-state index contributed by atoms with van der Waals surface area (Å²) >= 11 is 6.07. The Morgan fingerprint density at radius 2 is 2.18 bits per heavy atom. The first-order valence-corrected chi connectivity index (χ1v) is 8.85. The Morgan fingerprint density at radius 1 is 1.39 bits per heavy atom. The molecule has 1 aromatic carbocycles. The molecule has 0 spiro atoms. The molecule has 2 aromatic heterocycles. The van der Waals surface area contributed by atoms with E-state index in [-0.39, 0.29) is 29.3 Å². The number of H-pyrrole nitrogens is 1. The number of nitrogens with zero attached hydrogens (tertiary/aromatic N) is 4. The molecule has 8 nitrogen and oxygen atoms in total. The van der Waals surface area contributed by atoms with Gasteiger partial charge in [0.2, 0.25) is 0 Å². The number of halogens is 1. The zero-order chi connectivity index (χ0) is 20.3. The van der Waals surface area contributed by atoms with Crippen molar-refractivity contribution in [3.8, 4) is 17.3 Å². The molecule has 142 valence electrons. The molecule has 2 heterocycles. The summed E-state index contributed by atoms with van der Waals surface area (Å²) in [5.41, 5.74) is 2.15. The molecule has 0 aliphatic rings. The zero-order valence-corrected chi connectivity index (χ0v) is 16.0. The van der Waals surface area contributed by atoms with Crippen LogP contribution in [0.2, 0.25) is 5.02 Å². The molecule has 0 aliphatic carbocycles. The lowest BCUT2D eigenvalue weighted by atomic mass is 10.1. The number of hydrogen-bond acceptors (Lipinski definition) is 5. The number of aromatic amines is 1. The van der Waals surface area contributed by atoms with Gasteiger partial charge in [-0.25, -0.2) is 4.98 Å². The van der Waals surface area contributed by atoms with Crippen LogP contribution in [-0.2, 0) is 6.54 Å². The van der Waals surface area contributed by atoms with Gasteiger partial charge in [-0.3, -0.25) is 14.3 Å². The third-order valence-corrected chi connectivity index (χ3v) is 4.33. The van der Waals surface area contributed by atoms with Crippen molar-refractivity contribution in [3.05, 3.63) is 58.8 Å². The summed E-state index contributed by atoms with van der Waals surface area (Å²) in [7, 11) is 0. The van der Waals surface area contributed by atoms with Gasteiger partial charge < -0.3 is 10.3 Å². The molecule has 0 unspecified atom stereocenters. The van der Waals surface area contributed by atoms with Crippen LogP contribution >= 0.6 is 11.6 Å². The quantitative estimate of drug-likeness (QED) is 0.621. The van der Waals surface area contributed by atoms with E-state index in [9.17, 15) is 9.59 Å². The standard InChI is InChI=1S/C19H17ClN6O2/c1-11(23-19(28)17-9-22-18(24-17)12(2)27)10-26-6-5-16(25-26)13-3-4-14(8-21)15(20)7-13/h3-7,9,11H,10H2,1-2H3,(H,22,24)(H,23,28)/t11-/m0/s1. The summed E-state index contributed by atoms with van der Waals surface area (Å²) in [6.45, 7) is 3.67. The van der Waals surface area contributed by atoms with Gasteiger partial charge in [0.05, 0.1) is 29.0 Å². The molecule has 2 N–H and O–H groups in total. The number of aromatic nitrogens is 4. The first kappa shape index (κ1) is 19.3. The molecule has 0 saturated heterocycles. The molecule has 1 amide bonds. The highest BCUT2D eigenvalue weighted by Crippen LogP contribution is 2.24. The molecule has 28 heavy (non-hydrogen) atoms. The van der Waals surface area contributed by atoms with Crippen molar-refractivity contribution in [1.29, 1.82) is 5.26 Å². The average Bonchev–Trinajstić information content (AvgIpc) is 3.31. The predicted molar refractivity (Wildman–Crippen MR) is 103 cm³/mol. The van der Waals surface area contributed by atoms with Crippen LogP contribution in [-0.4, -0.2) is 37.5 Å². The zero-order valence-electron chi connectivity index (χ0n) is 15.2. The van der Waals surface area contributed by atoms with E-state index in [0.29, 0.717) is 22.8 Å². The Bertz CT molecular complexity index is 1080. The SMILES string of the molecule is CC(=O)c1ncc(C(=O)N[C@@H](C)Cn2ccc(-c3ccc(C#N)c(Cl)c3)n2)[nH]1. The number of ketones is 1. The summed E-state index contributed by atoms with van der Waals surface area (Å²) in [4.78, 5) is 30.1. The van der Waals surface area contributed by atoms with E-state index in [1.165, 1.54) is 13.1 Å². The fourth-order valence-electron chi connectivity index (χ4n) is 2.63. The molecule has 3 rings (SSSR count). The summed E-state index contributed by atoms with van der Waals surface area (Å²) in [5.74, 6) is -0.437. The third-order valence-electron chi connectivity index (χ3n) is 4.02. The maximum atomic E-state index is 12.2. The summed E-state index contributed by atoms with van der Waals surface area (Å²) < 4.78 is 1.71. The second-order valence-corrected chi connectivity index (χ2v) is 6.71. The van der Waals surface area contributed by atoms with E-state index >= 15 is 0 Å². The number of imidazole rings is 1. The van der Waals surface area contributed by atoms with Crippen LogP contribution in [0.4, 0.5) is 0 Å². The molecule has 0 aliphatic heterocycles. The smallest absolute Gasteiger partial charge is 0.269 e. The number of Topliss-reactive ketones (excluding diaryl/α,β-unsaturated/α-hetero) is 1. The van der Waals surface area contributed by atoms with Crippen molar-refractivity contribution in [2.45, 2.75) is 26.4 Å².